The average molecular weight is 336 g/mol. The fourth-order valence-corrected chi connectivity index (χ4v) is 3.13. The Hall–Kier alpha value is -0.720. The molecule has 24 heavy (non-hydrogen) atoms. The van der Waals surface area contributed by atoms with Crippen LogP contribution >= 0.6 is 0 Å². The topological polar surface area (TPSA) is 3.24 Å². The molecule has 0 saturated carbocycles. The van der Waals surface area contributed by atoms with Crippen molar-refractivity contribution in [3.8, 4) is 0 Å². The molecule has 0 fully saturated rings. The van der Waals surface area contributed by atoms with E-state index in [9.17, 15) is 0 Å². The molecule has 0 N–H and O–H groups in total. The first kappa shape index (κ1) is 23.3. The summed E-state index contributed by atoms with van der Waals surface area (Å²) in [5.74, 6) is 1.98. The normalized spacial score (nSPS) is 12.7. The fraction of sp³-hybridized carbons (Fsp3) is 0.826. The Morgan fingerprint density at radius 3 is 1.75 bits per heavy atom. The molecule has 0 radical (unpaired) electrons. The van der Waals surface area contributed by atoms with Crippen molar-refractivity contribution in [3.05, 3.63) is 24.4 Å². The largest absolute Gasteiger partial charge is 0.378 e. The maximum absolute atomic E-state index is 4.19. The Bertz CT molecular complexity index is 340. The highest BCUT2D eigenvalue weighted by molar-refractivity contribution is 4.97. The minimum Gasteiger partial charge on any atom is -0.378 e. The molecule has 142 valence electrons. The van der Waals surface area contributed by atoms with Crippen LogP contribution in [0.15, 0.2) is 24.4 Å². The molecular formula is C23H45N. The van der Waals surface area contributed by atoms with Crippen LogP contribution in [0.1, 0.15) is 92.4 Å². The van der Waals surface area contributed by atoms with Crippen LogP contribution < -0.4 is 0 Å². The number of nitrogens with zero attached hydrogens (tertiary/aromatic N) is 1. The molecule has 0 aromatic heterocycles. The van der Waals surface area contributed by atoms with Crippen LogP contribution in [0.25, 0.3) is 0 Å². The highest BCUT2D eigenvalue weighted by Crippen LogP contribution is 2.18. The van der Waals surface area contributed by atoms with E-state index in [2.05, 4.69) is 59.7 Å². The molecule has 1 unspecified atom stereocenters. The van der Waals surface area contributed by atoms with Crippen molar-refractivity contribution in [2.24, 2.45) is 17.8 Å². The summed E-state index contributed by atoms with van der Waals surface area (Å²) >= 11 is 0. The van der Waals surface area contributed by atoms with Crippen LogP contribution in [0.5, 0.6) is 0 Å². The van der Waals surface area contributed by atoms with Gasteiger partial charge in [-0.05, 0) is 37.0 Å². The minimum absolute atomic E-state index is 0.555. The van der Waals surface area contributed by atoms with Gasteiger partial charge in [-0.2, -0.15) is 0 Å². The third-order valence-corrected chi connectivity index (χ3v) is 5.25. The van der Waals surface area contributed by atoms with Gasteiger partial charge in [0.15, 0.2) is 0 Å². The second-order valence-electron chi connectivity index (χ2n) is 8.46. The second-order valence-corrected chi connectivity index (χ2v) is 8.46. The monoisotopic (exact) mass is 335 g/mol. The molecule has 1 heteroatoms. The first-order valence-corrected chi connectivity index (χ1v) is 10.3. The summed E-state index contributed by atoms with van der Waals surface area (Å²) in [5.41, 5.74) is 2.69. The number of hydrogen-bond donors (Lipinski definition) is 0. The average Bonchev–Trinajstić information content (AvgIpc) is 2.51. The van der Waals surface area contributed by atoms with E-state index in [1.54, 1.807) is 0 Å². The third-order valence-electron chi connectivity index (χ3n) is 5.25. The van der Waals surface area contributed by atoms with Gasteiger partial charge in [0.25, 0.3) is 0 Å². The first-order chi connectivity index (χ1) is 11.3. The smallest absolute Gasteiger partial charge is 0.0197 e. The molecule has 0 amide bonds. The van der Waals surface area contributed by atoms with E-state index in [4.69, 9.17) is 0 Å². The molecule has 0 rings (SSSR count). The molecule has 0 aromatic carbocycles. The van der Waals surface area contributed by atoms with Gasteiger partial charge in [0.1, 0.15) is 0 Å². The Kier molecular flexibility index (Phi) is 13.2. The first-order valence-electron chi connectivity index (χ1n) is 10.3. The molecule has 0 bridgehead atoms. The lowest BCUT2D eigenvalue weighted by atomic mass is 9.97. The second kappa shape index (κ2) is 13.6. The molecule has 0 aliphatic rings. The van der Waals surface area contributed by atoms with Gasteiger partial charge in [0.05, 0.1) is 0 Å². The lowest BCUT2D eigenvalue weighted by Gasteiger charge is -2.27. The van der Waals surface area contributed by atoms with E-state index in [1.165, 1.54) is 69.1 Å². The SMILES string of the molecule is C=C(CCCCCCCCCC(C)CN(C)C(=C)C(C)C)C(C)C. The van der Waals surface area contributed by atoms with Crippen molar-refractivity contribution in [2.45, 2.75) is 92.4 Å². The summed E-state index contributed by atoms with van der Waals surface area (Å²) in [6.45, 7) is 20.8. The van der Waals surface area contributed by atoms with Gasteiger partial charge in [-0.25, -0.2) is 0 Å². The summed E-state index contributed by atoms with van der Waals surface area (Å²) in [7, 11) is 2.19. The lowest BCUT2D eigenvalue weighted by Crippen LogP contribution is -2.25. The van der Waals surface area contributed by atoms with E-state index in [0.29, 0.717) is 11.8 Å². The standard InChI is InChI=1S/C23H45N/c1-19(2)22(6)17-15-13-11-9-10-12-14-16-21(5)18-24(8)23(7)20(3)4/h19-21H,6-7,9-18H2,1-5,8H3. The van der Waals surface area contributed by atoms with Crippen molar-refractivity contribution in [1.82, 2.24) is 4.90 Å². The van der Waals surface area contributed by atoms with Crippen molar-refractivity contribution in [1.29, 1.82) is 0 Å². The number of hydrogen-bond acceptors (Lipinski definition) is 1. The Morgan fingerprint density at radius 1 is 0.750 bits per heavy atom. The van der Waals surface area contributed by atoms with Crippen molar-refractivity contribution >= 4 is 0 Å². The van der Waals surface area contributed by atoms with Gasteiger partial charge >= 0.3 is 0 Å². The van der Waals surface area contributed by atoms with Gasteiger partial charge in [0.2, 0.25) is 0 Å². The number of rotatable bonds is 15. The summed E-state index contributed by atoms with van der Waals surface area (Å²) in [5, 5.41) is 0. The molecule has 1 atom stereocenters. The van der Waals surface area contributed by atoms with Gasteiger partial charge in [-0.3, -0.25) is 0 Å². The predicted molar refractivity (Wildman–Crippen MR) is 111 cm³/mol. The van der Waals surface area contributed by atoms with Crippen LogP contribution in [-0.4, -0.2) is 18.5 Å². The van der Waals surface area contributed by atoms with Crippen LogP contribution in [0.3, 0.4) is 0 Å². The van der Waals surface area contributed by atoms with Gasteiger partial charge < -0.3 is 4.90 Å². The molecule has 0 aliphatic carbocycles. The molecule has 0 aliphatic heterocycles. The Morgan fingerprint density at radius 2 is 1.25 bits per heavy atom. The highest BCUT2D eigenvalue weighted by Gasteiger charge is 2.10. The van der Waals surface area contributed by atoms with Crippen molar-refractivity contribution < 1.29 is 0 Å². The lowest BCUT2D eigenvalue weighted by molar-refractivity contribution is 0.306. The molecule has 0 heterocycles. The zero-order chi connectivity index (χ0) is 18.5. The minimum atomic E-state index is 0.555. The van der Waals surface area contributed by atoms with Crippen molar-refractivity contribution in [3.63, 3.8) is 0 Å². The van der Waals surface area contributed by atoms with E-state index < -0.39 is 0 Å². The molecule has 0 aromatic rings. The van der Waals surface area contributed by atoms with E-state index >= 15 is 0 Å². The highest BCUT2D eigenvalue weighted by atomic mass is 15.1. The summed E-state index contributed by atoms with van der Waals surface area (Å²) in [6.07, 6.45) is 12.3. The van der Waals surface area contributed by atoms with Crippen LogP contribution in [0.2, 0.25) is 0 Å². The Balaban J connectivity index is 3.50. The van der Waals surface area contributed by atoms with Gasteiger partial charge in [-0.15, -0.1) is 0 Å². The van der Waals surface area contributed by atoms with Crippen LogP contribution in [0.4, 0.5) is 0 Å². The quantitative estimate of drug-likeness (QED) is 0.222. The zero-order valence-corrected chi connectivity index (χ0v) is 17.7. The summed E-state index contributed by atoms with van der Waals surface area (Å²) in [4.78, 5) is 2.35. The van der Waals surface area contributed by atoms with E-state index in [-0.39, 0.29) is 0 Å². The number of unbranched alkanes of at least 4 members (excludes halogenated alkanes) is 6. The third kappa shape index (κ3) is 11.8. The molecule has 0 saturated heterocycles. The van der Waals surface area contributed by atoms with Gasteiger partial charge in [0, 0.05) is 19.3 Å². The maximum atomic E-state index is 4.19. The molecular weight excluding hydrogens is 290 g/mol. The summed E-state index contributed by atoms with van der Waals surface area (Å²) in [6, 6.07) is 0. The summed E-state index contributed by atoms with van der Waals surface area (Å²) < 4.78 is 0. The predicted octanol–water partition coefficient (Wildman–Crippen LogP) is 7.45. The van der Waals surface area contributed by atoms with E-state index in [0.717, 1.165) is 12.5 Å². The van der Waals surface area contributed by atoms with E-state index in [1.807, 2.05) is 0 Å². The van der Waals surface area contributed by atoms with Crippen LogP contribution in [0, 0.1) is 17.8 Å². The van der Waals surface area contributed by atoms with Gasteiger partial charge in [-0.1, -0.05) is 91.9 Å². The Labute approximate surface area is 153 Å². The van der Waals surface area contributed by atoms with Crippen LogP contribution in [-0.2, 0) is 0 Å². The van der Waals surface area contributed by atoms with Crippen molar-refractivity contribution in [2.75, 3.05) is 13.6 Å². The molecule has 0 spiro atoms. The zero-order valence-electron chi connectivity index (χ0n) is 17.7. The maximum Gasteiger partial charge on any atom is 0.0197 e. The number of allylic oxidation sites excluding steroid dienone is 2. The fourth-order valence-electron chi connectivity index (χ4n) is 3.13. The molecule has 1 nitrogen and oxygen atoms in total.